The zero-order valence-electron chi connectivity index (χ0n) is 21.8. The molecule has 3 heteroatoms. The summed E-state index contributed by atoms with van der Waals surface area (Å²) in [6.07, 6.45) is 12.1. The first-order chi connectivity index (χ1) is 15.7. The molecule has 2 aliphatic carbocycles. The molecule has 1 saturated heterocycles. The summed E-state index contributed by atoms with van der Waals surface area (Å²) in [5.41, 5.74) is 3.45. The second-order valence-electron chi connectivity index (χ2n) is 11.6. The number of hydrogen-bond donors (Lipinski definition) is 0. The van der Waals surface area contributed by atoms with E-state index in [2.05, 4.69) is 47.4 Å². The van der Waals surface area contributed by atoms with Gasteiger partial charge in [0.2, 0.25) is 0 Å². The third-order valence-corrected chi connectivity index (χ3v) is 8.87. The standard InChI is InChI=1S/C30H48O3/c1-20(2)10-8-11-21(3)12-9-13-22(4)18-19-32-28-24(6)15-16-26-23(5)14-17-27-25(7)29(31)33-30(26,27)28/h23-28H,1,3-4,8-19H2,2,5-7H3. The average Bonchev–Trinajstić information content (AvgIpc) is 2.99. The van der Waals surface area contributed by atoms with Crippen molar-refractivity contribution in [3.05, 3.63) is 36.5 Å². The molecular formula is C30H48O3. The van der Waals surface area contributed by atoms with Crippen LogP contribution in [0.3, 0.4) is 0 Å². The van der Waals surface area contributed by atoms with Crippen molar-refractivity contribution in [2.75, 3.05) is 6.61 Å². The summed E-state index contributed by atoms with van der Waals surface area (Å²) in [5.74, 6) is 1.74. The molecule has 3 rings (SSSR count). The van der Waals surface area contributed by atoms with Crippen molar-refractivity contribution < 1.29 is 14.3 Å². The lowest BCUT2D eigenvalue weighted by molar-refractivity contribution is -0.224. The maximum Gasteiger partial charge on any atom is 0.309 e. The Bertz CT molecular complexity index is 737. The monoisotopic (exact) mass is 456 g/mol. The van der Waals surface area contributed by atoms with E-state index in [0.29, 0.717) is 30.3 Å². The van der Waals surface area contributed by atoms with Gasteiger partial charge in [-0.25, -0.2) is 0 Å². The van der Waals surface area contributed by atoms with Crippen molar-refractivity contribution in [1.82, 2.24) is 0 Å². The van der Waals surface area contributed by atoms with Gasteiger partial charge < -0.3 is 9.47 Å². The maximum absolute atomic E-state index is 12.7. The van der Waals surface area contributed by atoms with Gasteiger partial charge in [0, 0.05) is 11.8 Å². The SMILES string of the molecule is C=C(C)CCCC(=C)CCCC(=C)CCOC1C(C)CCC2C(C)CCC3C(C)C(=O)OC231. The van der Waals surface area contributed by atoms with E-state index in [1.54, 1.807) is 0 Å². The zero-order valence-corrected chi connectivity index (χ0v) is 21.8. The van der Waals surface area contributed by atoms with Gasteiger partial charge in [-0.2, -0.15) is 0 Å². The van der Waals surface area contributed by atoms with Crippen molar-refractivity contribution in [3.63, 3.8) is 0 Å². The third-order valence-electron chi connectivity index (χ3n) is 8.87. The Kier molecular flexibility index (Phi) is 9.06. The van der Waals surface area contributed by atoms with E-state index in [-0.39, 0.29) is 18.0 Å². The predicted molar refractivity (Wildman–Crippen MR) is 137 cm³/mol. The van der Waals surface area contributed by atoms with E-state index in [4.69, 9.17) is 9.47 Å². The lowest BCUT2D eigenvalue weighted by atomic mass is 9.54. The fraction of sp³-hybridized carbons (Fsp3) is 0.767. The summed E-state index contributed by atoms with van der Waals surface area (Å²) in [7, 11) is 0. The van der Waals surface area contributed by atoms with E-state index >= 15 is 0 Å². The molecule has 186 valence electrons. The molecule has 0 bridgehead atoms. The number of carbonyl (C=O) groups excluding carboxylic acids is 1. The highest BCUT2D eigenvalue weighted by Gasteiger charge is 2.66. The van der Waals surface area contributed by atoms with Gasteiger partial charge in [0.25, 0.3) is 0 Å². The van der Waals surface area contributed by atoms with Crippen LogP contribution in [0, 0.1) is 29.6 Å². The smallest absolute Gasteiger partial charge is 0.309 e. The van der Waals surface area contributed by atoms with Crippen molar-refractivity contribution in [2.45, 2.75) is 110 Å². The molecule has 33 heavy (non-hydrogen) atoms. The second-order valence-corrected chi connectivity index (χ2v) is 11.6. The van der Waals surface area contributed by atoms with Crippen LogP contribution >= 0.6 is 0 Å². The van der Waals surface area contributed by atoms with Gasteiger partial charge in [-0.15, -0.1) is 6.58 Å². The number of ether oxygens (including phenoxy) is 2. The van der Waals surface area contributed by atoms with Gasteiger partial charge in [0.05, 0.1) is 12.5 Å². The number of rotatable bonds is 12. The molecule has 1 heterocycles. The molecular weight excluding hydrogens is 408 g/mol. The van der Waals surface area contributed by atoms with Gasteiger partial charge in [-0.1, -0.05) is 50.6 Å². The molecule has 7 unspecified atom stereocenters. The normalized spacial score (nSPS) is 35.5. The molecule has 3 nitrogen and oxygen atoms in total. The summed E-state index contributed by atoms with van der Waals surface area (Å²) in [4.78, 5) is 12.7. The topological polar surface area (TPSA) is 35.5 Å². The summed E-state index contributed by atoms with van der Waals surface area (Å²) < 4.78 is 12.9. The molecule has 0 aromatic carbocycles. The molecule has 7 atom stereocenters. The van der Waals surface area contributed by atoms with Crippen LogP contribution in [0.15, 0.2) is 36.5 Å². The van der Waals surface area contributed by atoms with E-state index in [1.165, 1.54) is 23.1 Å². The van der Waals surface area contributed by atoms with E-state index in [1.807, 2.05) is 0 Å². The van der Waals surface area contributed by atoms with Crippen LogP contribution in [-0.4, -0.2) is 24.3 Å². The van der Waals surface area contributed by atoms with Crippen LogP contribution in [0.2, 0.25) is 0 Å². The molecule has 0 amide bonds. The molecule has 1 aliphatic heterocycles. The zero-order chi connectivity index (χ0) is 24.2. The van der Waals surface area contributed by atoms with E-state index in [9.17, 15) is 4.79 Å². The largest absolute Gasteiger partial charge is 0.455 e. The molecule has 0 aromatic heterocycles. The lowest BCUT2D eigenvalue weighted by Crippen LogP contribution is -2.63. The summed E-state index contributed by atoms with van der Waals surface area (Å²) in [5, 5.41) is 0. The minimum absolute atomic E-state index is 0.00476. The van der Waals surface area contributed by atoms with E-state index < -0.39 is 5.60 Å². The Labute approximate surface area is 203 Å². The summed E-state index contributed by atoms with van der Waals surface area (Å²) in [6, 6.07) is 0. The molecule has 0 radical (unpaired) electrons. The summed E-state index contributed by atoms with van der Waals surface area (Å²) >= 11 is 0. The third kappa shape index (κ3) is 5.84. The Balaban J connectivity index is 1.49. The molecule has 0 aromatic rings. The van der Waals surface area contributed by atoms with Crippen LogP contribution in [0.4, 0.5) is 0 Å². The van der Waals surface area contributed by atoms with Gasteiger partial charge in [0.15, 0.2) is 0 Å². The second kappa shape index (κ2) is 11.4. The molecule has 2 saturated carbocycles. The summed E-state index contributed by atoms with van der Waals surface area (Å²) in [6.45, 7) is 22.0. The quantitative estimate of drug-likeness (QED) is 0.222. The predicted octanol–water partition coefficient (Wildman–Crippen LogP) is 7.81. The number of esters is 1. The van der Waals surface area contributed by atoms with Crippen molar-refractivity contribution in [1.29, 1.82) is 0 Å². The fourth-order valence-electron chi connectivity index (χ4n) is 6.94. The Morgan fingerprint density at radius 1 is 0.879 bits per heavy atom. The first-order valence-corrected chi connectivity index (χ1v) is 13.5. The van der Waals surface area contributed by atoms with Crippen LogP contribution in [0.1, 0.15) is 98.3 Å². The van der Waals surface area contributed by atoms with Crippen LogP contribution in [-0.2, 0) is 14.3 Å². The number of allylic oxidation sites excluding steroid dienone is 2. The minimum atomic E-state index is -0.408. The highest BCUT2D eigenvalue weighted by molar-refractivity contribution is 5.76. The highest BCUT2D eigenvalue weighted by Crippen LogP contribution is 2.59. The van der Waals surface area contributed by atoms with Crippen LogP contribution in [0.5, 0.6) is 0 Å². The van der Waals surface area contributed by atoms with E-state index in [0.717, 1.165) is 64.2 Å². The lowest BCUT2D eigenvalue weighted by Gasteiger charge is -2.56. The molecule has 1 spiro atoms. The number of hydrogen-bond acceptors (Lipinski definition) is 3. The Morgan fingerprint density at radius 2 is 1.45 bits per heavy atom. The maximum atomic E-state index is 12.7. The number of carbonyl (C=O) groups is 1. The van der Waals surface area contributed by atoms with Crippen LogP contribution < -0.4 is 0 Å². The van der Waals surface area contributed by atoms with Crippen LogP contribution in [0.25, 0.3) is 0 Å². The first-order valence-electron chi connectivity index (χ1n) is 13.5. The average molecular weight is 457 g/mol. The molecule has 0 N–H and O–H groups in total. The van der Waals surface area contributed by atoms with Crippen molar-refractivity contribution in [3.8, 4) is 0 Å². The van der Waals surface area contributed by atoms with Gasteiger partial charge >= 0.3 is 5.97 Å². The van der Waals surface area contributed by atoms with Gasteiger partial charge in [-0.3, -0.25) is 4.79 Å². The fourth-order valence-corrected chi connectivity index (χ4v) is 6.94. The molecule has 3 aliphatic rings. The van der Waals surface area contributed by atoms with Gasteiger partial charge in [0.1, 0.15) is 11.7 Å². The molecule has 3 fully saturated rings. The highest BCUT2D eigenvalue weighted by atomic mass is 16.6. The Hall–Kier alpha value is -1.35. The van der Waals surface area contributed by atoms with Crippen molar-refractivity contribution in [2.24, 2.45) is 29.6 Å². The van der Waals surface area contributed by atoms with Crippen molar-refractivity contribution >= 4 is 5.97 Å². The first kappa shape index (κ1) is 26.3. The van der Waals surface area contributed by atoms with Gasteiger partial charge in [-0.05, 0) is 89.4 Å². The Morgan fingerprint density at radius 3 is 2.12 bits per heavy atom. The minimum Gasteiger partial charge on any atom is -0.455 e.